The number of aryl methyl sites for hydroxylation is 1. The number of aromatic nitrogens is 4. The van der Waals surface area contributed by atoms with Crippen molar-refractivity contribution in [2.75, 3.05) is 12.0 Å². The van der Waals surface area contributed by atoms with Crippen molar-refractivity contribution in [3.8, 4) is 22.5 Å². The summed E-state index contributed by atoms with van der Waals surface area (Å²) in [7, 11) is -0.762. The quantitative estimate of drug-likeness (QED) is 0.150. The third-order valence-corrected chi connectivity index (χ3v) is 12.6. The summed E-state index contributed by atoms with van der Waals surface area (Å²) in [6.07, 6.45) is 5.48. The number of nitrogens with one attached hydrogen (secondary N) is 2. The molecule has 42 heavy (non-hydrogen) atoms. The van der Waals surface area contributed by atoms with Crippen molar-refractivity contribution in [1.82, 2.24) is 25.2 Å². The van der Waals surface area contributed by atoms with Crippen LogP contribution in [0.25, 0.3) is 22.5 Å². The predicted molar refractivity (Wildman–Crippen MR) is 174 cm³/mol. The number of nitrogens with zero attached hydrogens (tertiary/aromatic N) is 4. The monoisotopic (exact) mass is 596 g/mol. The molecule has 0 aliphatic carbocycles. The second kappa shape index (κ2) is 12.6. The lowest BCUT2D eigenvalue weighted by molar-refractivity contribution is 0.263. The van der Waals surface area contributed by atoms with Crippen molar-refractivity contribution in [3.05, 3.63) is 109 Å². The summed E-state index contributed by atoms with van der Waals surface area (Å²) < 4.78 is 8.85. The molecule has 0 amide bonds. The average Bonchev–Trinajstić information content (AvgIpc) is 3.43. The second-order valence-electron chi connectivity index (χ2n) is 11.5. The van der Waals surface area contributed by atoms with Gasteiger partial charge in [0.2, 0.25) is 0 Å². The van der Waals surface area contributed by atoms with Crippen molar-refractivity contribution >= 4 is 36.1 Å². The first kappa shape index (κ1) is 29.7. The van der Waals surface area contributed by atoms with Crippen LogP contribution < -0.4 is 21.2 Å². The van der Waals surface area contributed by atoms with Crippen LogP contribution in [0, 0.1) is 0 Å². The fourth-order valence-electron chi connectivity index (χ4n) is 5.23. The van der Waals surface area contributed by atoms with Gasteiger partial charge in [-0.15, -0.1) is 0 Å². The van der Waals surface area contributed by atoms with Crippen molar-refractivity contribution in [2.45, 2.75) is 38.8 Å². The molecule has 0 bridgehead atoms. The summed E-state index contributed by atoms with van der Waals surface area (Å²) in [5, 5.41) is 7.44. The molecule has 1 atom stereocenters. The van der Waals surface area contributed by atoms with Gasteiger partial charge in [0.1, 0.15) is 5.69 Å². The Bertz CT molecular complexity index is 1560. The molecular formula is C33H37ClN6OSi. The van der Waals surface area contributed by atoms with Crippen molar-refractivity contribution < 1.29 is 4.43 Å². The standard InChI is InChI=1S/C33H37ClN6OSi/c1-24(23-41-42(33(2,3)4,28-12-8-6-9-13-28)29-14-10-7-11-15-29)38-39-32-31(26-20-36-40(5)22-26)37-30(21-35-32)25-16-18-27(34)19-17-25/h6-22,24,38H,23H2,1-5H3,(H,35,39)/t24-/m0/s1. The SMILES string of the molecule is C[C@@H](CO[Si](c1ccccc1)(c1ccccc1)C(C)(C)C)NNc1ncc(-c2ccc(Cl)cc2)nc1-c1cnn(C)c1. The summed E-state index contributed by atoms with van der Waals surface area (Å²) in [6.45, 7) is 9.46. The fraction of sp³-hybridized carbons (Fsp3) is 0.242. The summed E-state index contributed by atoms with van der Waals surface area (Å²) >= 11 is 6.10. The Kier molecular flexibility index (Phi) is 8.89. The molecule has 0 radical (unpaired) electrons. The molecular weight excluding hydrogens is 560 g/mol. The third-order valence-electron chi connectivity index (χ3n) is 7.29. The Hall–Kier alpha value is -3.82. The van der Waals surface area contributed by atoms with Crippen LogP contribution in [0.5, 0.6) is 0 Å². The molecule has 0 fully saturated rings. The Balaban J connectivity index is 1.39. The molecule has 2 heterocycles. The summed E-state index contributed by atoms with van der Waals surface area (Å²) in [4.78, 5) is 9.69. The van der Waals surface area contributed by atoms with E-state index in [0.29, 0.717) is 23.1 Å². The highest BCUT2D eigenvalue weighted by Gasteiger charge is 2.50. The van der Waals surface area contributed by atoms with Gasteiger partial charge in [-0.3, -0.25) is 4.68 Å². The van der Waals surface area contributed by atoms with Gasteiger partial charge in [-0.1, -0.05) is 105 Å². The summed E-state index contributed by atoms with van der Waals surface area (Å²) in [5.41, 5.74) is 9.97. The van der Waals surface area contributed by atoms with E-state index in [9.17, 15) is 0 Å². The van der Waals surface area contributed by atoms with Gasteiger partial charge >= 0.3 is 0 Å². The molecule has 2 aromatic heterocycles. The maximum absolute atomic E-state index is 7.10. The number of hydrogen-bond donors (Lipinski definition) is 2. The lowest BCUT2D eigenvalue weighted by atomic mass is 10.1. The van der Waals surface area contributed by atoms with Gasteiger partial charge in [-0.05, 0) is 34.5 Å². The Morgan fingerprint density at radius 2 is 1.50 bits per heavy atom. The lowest BCUT2D eigenvalue weighted by Crippen LogP contribution is -2.67. The van der Waals surface area contributed by atoms with Gasteiger partial charge in [-0.25, -0.2) is 15.4 Å². The zero-order valence-electron chi connectivity index (χ0n) is 24.7. The molecule has 5 rings (SSSR count). The van der Waals surface area contributed by atoms with E-state index < -0.39 is 8.32 Å². The van der Waals surface area contributed by atoms with Crippen LogP contribution in [0.15, 0.2) is 104 Å². The minimum absolute atomic E-state index is 0.0360. The van der Waals surface area contributed by atoms with Gasteiger partial charge < -0.3 is 9.85 Å². The van der Waals surface area contributed by atoms with Crippen molar-refractivity contribution in [1.29, 1.82) is 0 Å². The minimum atomic E-state index is -2.65. The molecule has 5 aromatic rings. The number of hydrogen-bond acceptors (Lipinski definition) is 6. The average molecular weight is 597 g/mol. The van der Waals surface area contributed by atoms with Crippen molar-refractivity contribution in [3.63, 3.8) is 0 Å². The molecule has 0 unspecified atom stereocenters. The molecule has 3 aromatic carbocycles. The zero-order valence-corrected chi connectivity index (χ0v) is 26.4. The Morgan fingerprint density at radius 3 is 2.05 bits per heavy atom. The van der Waals surface area contributed by atoms with Gasteiger partial charge in [-0.2, -0.15) is 5.10 Å². The molecule has 0 spiro atoms. The van der Waals surface area contributed by atoms with Crippen LogP contribution in [0.2, 0.25) is 10.1 Å². The highest BCUT2D eigenvalue weighted by atomic mass is 35.5. The highest BCUT2D eigenvalue weighted by molar-refractivity contribution is 6.99. The molecule has 7 nitrogen and oxygen atoms in total. The number of anilines is 1. The minimum Gasteiger partial charge on any atom is -0.406 e. The van der Waals surface area contributed by atoms with Crippen LogP contribution in [-0.4, -0.2) is 40.7 Å². The molecule has 2 N–H and O–H groups in total. The molecule has 9 heteroatoms. The largest absolute Gasteiger partial charge is 0.406 e. The molecule has 0 aliphatic heterocycles. The van der Waals surface area contributed by atoms with E-state index >= 15 is 0 Å². The van der Waals surface area contributed by atoms with E-state index in [2.05, 4.69) is 104 Å². The Labute approximate surface area is 254 Å². The number of benzene rings is 3. The summed E-state index contributed by atoms with van der Waals surface area (Å²) in [6, 6.07) is 28.9. The maximum Gasteiger partial charge on any atom is 0.261 e. The smallest absolute Gasteiger partial charge is 0.261 e. The van der Waals surface area contributed by atoms with Crippen LogP contribution in [0.4, 0.5) is 5.82 Å². The summed E-state index contributed by atoms with van der Waals surface area (Å²) in [5.74, 6) is 0.609. The van der Waals surface area contributed by atoms with E-state index in [4.69, 9.17) is 26.0 Å². The molecule has 0 saturated carbocycles. The topological polar surface area (TPSA) is 76.9 Å². The normalized spacial score (nSPS) is 12.7. The first-order chi connectivity index (χ1) is 20.2. The fourth-order valence-corrected chi connectivity index (χ4v) is 10.0. The van der Waals surface area contributed by atoms with E-state index in [-0.39, 0.29) is 11.1 Å². The number of hydrazine groups is 1. The van der Waals surface area contributed by atoms with Gasteiger partial charge in [0.05, 0.1) is 24.7 Å². The van der Waals surface area contributed by atoms with Crippen LogP contribution in [-0.2, 0) is 11.5 Å². The first-order valence-electron chi connectivity index (χ1n) is 14.1. The lowest BCUT2D eigenvalue weighted by Gasteiger charge is -2.43. The zero-order chi connectivity index (χ0) is 29.7. The predicted octanol–water partition coefficient (Wildman–Crippen LogP) is 6.08. The van der Waals surface area contributed by atoms with E-state index in [0.717, 1.165) is 16.8 Å². The molecule has 0 aliphatic rings. The van der Waals surface area contributed by atoms with Gasteiger partial charge in [0.25, 0.3) is 8.32 Å². The Morgan fingerprint density at radius 1 is 0.881 bits per heavy atom. The highest BCUT2D eigenvalue weighted by Crippen LogP contribution is 2.37. The van der Waals surface area contributed by atoms with Crippen LogP contribution >= 0.6 is 11.6 Å². The van der Waals surface area contributed by atoms with Crippen molar-refractivity contribution in [2.24, 2.45) is 7.05 Å². The molecule has 216 valence electrons. The maximum atomic E-state index is 7.10. The van der Waals surface area contributed by atoms with E-state index in [1.165, 1.54) is 10.4 Å². The van der Waals surface area contributed by atoms with Crippen LogP contribution in [0.1, 0.15) is 27.7 Å². The van der Waals surface area contributed by atoms with Gasteiger partial charge in [0.15, 0.2) is 5.82 Å². The first-order valence-corrected chi connectivity index (χ1v) is 16.3. The van der Waals surface area contributed by atoms with E-state index in [1.807, 2.05) is 37.5 Å². The van der Waals surface area contributed by atoms with Crippen LogP contribution in [0.3, 0.4) is 0 Å². The molecule has 0 saturated heterocycles. The third kappa shape index (κ3) is 6.32. The number of rotatable bonds is 10. The van der Waals surface area contributed by atoms with Gasteiger partial charge in [0, 0.05) is 35.4 Å². The second-order valence-corrected chi connectivity index (χ2v) is 16.2. The number of halogens is 1. The van der Waals surface area contributed by atoms with E-state index in [1.54, 1.807) is 17.1 Å².